The summed E-state index contributed by atoms with van der Waals surface area (Å²) < 4.78 is 12.7. The molecule has 1 N–H and O–H groups in total. The molecule has 0 aliphatic carbocycles. The molecule has 0 saturated carbocycles. The molecule has 8 heteroatoms. The molecule has 2 heterocycles. The predicted molar refractivity (Wildman–Crippen MR) is 117 cm³/mol. The maximum absolute atomic E-state index is 12.6. The number of aromatic nitrogens is 2. The van der Waals surface area contributed by atoms with Crippen molar-refractivity contribution < 1.29 is 14.3 Å². The summed E-state index contributed by atoms with van der Waals surface area (Å²) in [5.41, 5.74) is 2.67. The largest absolute Gasteiger partial charge is 0.462 e. The van der Waals surface area contributed by atoms with E-state index in [2.05, 4.69) is 15.3 Å². The molecule has 0 bridgehead atoms. The Labute approximate surface area is 180 Å². The van der Waals surface area contributed by atoms with Gasteiger partial charge in [-0.25, -0.2) is 4.68 Å². The van der Waals surface area contributed by atoms with E-state index in [-0.39, 0.29) is 11.8 Å². The molecular formula is C22H23ClN4O3. The Morgan fingerprint density at radius 1 is 1.10 bits per heavy atom. The van der Waals surface area contributed by atoms with Crippen LogP contribution in [0.3, 0.4) is 0 Å². The number of nitrogens with zero attached hydrogens (tertiary/aromatic N) is 3. The van der Waals surface area contributed by atoms with Crippen molar-refractivity contribution in [3.8, 4) is 11.6 Å². The molecule has 1 unspecified atom stereocenters. The van der Waals surface area contributed by atoms with Crippen LogP contribution in [0.5, 0.6) is 5.88 Å². The second-order valence-electron chi connectivity index (χ2n) is 6.96. The minimum absolute atomic E-state index is 0.214. The second kappa shape index (κ2) is 9.19. The van der Waals surface area contributed by atoms with Gasteiger partial charge in [0.15, 0.2) is 6.10 Å². The van der Waals surface area contributed by atoms with Crippen molar-refractivity contribution in [1.82, 2.24) is 9.78 Å². The molecule has 2 aromatic carbocycles. The lowest BCUT2D eigenvalue weighted by atomic mass is 10.2. The molecule has 156 valence electrons. The first-order chi connectivity index (χ1) is 14.6. The second-order valence-corrected chi connectivity index (χ2v) is 7.37. The molecule has 1 saturated heterocycles. The lowest BCUT2D eigenvalue weighted by Gasteiger charge is -2.28. The van der Waals surface area contributed by atoms with Gasteiger partial charge in [0.05, 0.1) is 25.1 Å². The summed E-state index contributed by atoms with van der Waals surface area (Å²) in [7, 11) is 0. The number of amides is 1. The smallest absolute Gasteiger partial charge is 0.265 e. The molecule has 3 aromatic rings. The van der Waals surface area contributed by atoms with Crippen molar-refractivity contribution in [3.05, 3.63) is 65.8 Å². The number of halogens is 1. The number of carbonyl (C=O) groups excluding carboxylic acids is 1. The molecule has 1 aliphatic heterocycles. The minimum atomic E-state index is -0.763. The van der Waals surface area contributed by atoms with E-state index in [1.54, 1.807) is 17.8 Å². The molecule has 1 amide bonds. The van der Waals surface area contributed by atoms with E-state index in [0.29, 0.717) is 10.7 Å². The van der Waals surface area contributed by atoms with Crippen LogP contribution in [0.15, 0.2) is 60.8 Å². The van der Waals surface area contributed by atoms with Crippen LogP contribution in [0.25, 0.3) is 5.69 Å². The van der Waals surface area contributed by atoms with Gasteiger partial charge >= 0.3 is 0 Å². The van der Waals surface area contributed by atoms with Crippen LogP contribution in [0.4, 0.5) is 11.4 Å². The minimum Gasteiger partial charge on any atom is -0.462 e. The molecule has 4 rings (SSSR count). The maximum Gasteiger partial charge on any atom is 0.265 e. The molecule has 7 nitrogen and oxygen atoms in total. The fourth-order valence-electron chi connectivity index (χ4n) is 3.17. The number of hydrogen-bond donors (Lipinski definition) is 1. The third kappa shape index (κ3) is 4.75. The zero-order chi connectivity index (χ0) is 20.9. The van der Waals surface area contributed by atoms with Gasteiger partial charge in [-0.05, 0) is 43.3 Å². The Balaban J connectivity index is 1.36. The third-order valence-electron chi connectivity index (χ3n) is 4.83. The SMILES string of the molecule is CC(Oc1nn(-c2ccccc2)cc1Cl)C(=O)Nc1ccc(N2CCOCC2)cc1. The highest BCUT2D eigenvalue weighted by Crippen LogP contribution is 2.25. The number of anilines is 2. The summed E-state index contributed by atoms with van der Waals surface area (Å²) in [6, 6.07) is 17.3. The Kier molecular flexibility index (Phi) is 6.21. The van der Waals surface area contributed by atoms with E-state index < -0.39 is 6.10 Å². The number of benzene rings is 2. The van der Waals surface area contributed by atoms with E-state index in [9.17, 15) is 4.79 Å². The molecular weight excluding hydrogens is 404 g/mol. The van der Waals surface area contributed by atoms with Crippen LogP contribution < -0.4 is 15.0 Å². The number of morpholine rings is 1. The summed E-state index contributed by atoms with van der Waals surface area (Å²) in [5, 5.41) is 7.55. The first kappa shape index (κ1) is 20.3. The van der Waals surface area contributed by atoms with Crippen LogP contribution in [-0.2, 0) is 9.53 Å². The molecule has 1 fully saturated rings. The van der Waals surface area contributed by atoms with Crippen LogP contribution in [0, 0.1) is 0 Å². The van der Waals surface area contributed by atoms with E-state index in [4.69, 9.17) is 21.1 Å². The van der Waals surface area contributed by atoms with Gasteiger partial charge < -0.3 is 19.7 Å². The highest BCUT2D eigenvalue weighted by Gasteiger charge is 2.19. The van der Waals surface area contributed by atoms with Gasteiger partial charge in [-0.15, -0.1) is 5.10 Å². The van der Waals surface area contributed by atoms with Crippen molar-refractivity contribution in [3.63, 3.8) is 0 Å². The number of rotatable bonds is 6. The Bertz CT molecular complexity index is 985. The van der Waals surface area contributed by atoms with Crippen molar-refractivity contribution in [1.29, 1.82) is 0 Å². The lowest BCUT2D eigenvalue weighted by Crippen LogP contribution is -2.36. The van der Waals surface area contributed by atoms with Crippen LogP contribution >= 0.6 is 11.6 Å². The van der Waals surface area contributed by atoms with Gasteiger partial charge in [-0.2, -0.15) is 0 Å². The predicted octanol–water partition coefficient (Wildman–Crippen LogP) is 3.77. The van der Waals surface area contributed by atoms with Crippen LogP contribution in [-0.4, -0.2) is 48.1 Å². The van der Waals surface area contributed by atoms with Gasteiger partial charge in [0.25, 0.3) is 11.8 Å². The molecule has 0 radical (unpaired) electrons. The van der Waals surface area contributed by atoms with E-state index in [1.807, 2.05) is 54.6 Å². The average molecular weight is 427 g/mol. The number of para-hydroxylation sites is 1. The summed E-state index contributed by atoms with van der Waals surface area (Å²) in [4.78, 5) is 14.8. The highest BCUT2D eigenvalue weighted by molar-refractivity contribution is 6.31. The number of hydrogen-bond acceptors (Lipinski definition) is 5. The Morgan fingerprint density at radius 3 is 2.50 bits per heavy atom. The summed E-state index contributed by atoms with van der Waals surface area (Å²) in [5.74, 6) is -0.0646. The number of nitrogens with one attached hydrogen (secondary N) is 1. The molecule has 1 atom stereocenters. The zero-order valence-corrected chi connectivity index (χ0v) is 17.4. The fourth-order valence-corrected chi connectivity index (χ4v) is 3.35. The quantitative estimate of drug-likeness (QED) is 0.649. The average Bonchev–Trinajstić information content (AvgIpc) is 3.15. The standard InChI is InChI=1S/C22H23ClN4O3/c1-16(30-22-20(23)15-27(25-22)19-5-3-2-4-6-19)21(28)24-17-7-9-18(10-8-17)26-11-13-29-14-12-26/h2-10,15-16H,11-14H2,1H3,(H,24,28). The Hall–Kier alpha value is -3.03. The van der Waals surface area contributed by atoms with E-state index >= 15 is 0 Å². The molecule has 0 spiro atoms. The van der Waals surface area contributed by atoms with E-state index in [1.165, 1.54) is 0 Å². The summed E-state index contributed by atoms with van der Waals surface area (Å²) in [6.45, 7) is 4.86. The normalized spacial score (nSPS) is 14.9. The van der Waals surface area contributed by atoms with E-state index in [0.717, 1.165) is 37.7 Å². The molecule has 1 aliphatic rings. The zero-order valence-electron chi connectivity index (χ0n) is 16.6. The van der Waals surface area contributed by atoms with Crippen LogP contribution in [0.1, 0.15) is 6.92 Å². The van der Waals surface area contributed by atoms with Gasteiger partial charge in [0, 0.05) is 24.5 Å². The van der Waals surface area contributed by atoms with Crippen molar-refractivity contribution >= 4 is 28.9 Å². The van der Waals surface area contributed by atoms with Gasteiger partial charge in [0.1, 0.15) is 5.02 Å². The summed E-state index contributed by atoms with van der Waals surface area (Å²) >= 11 is 6.24. The van der Waals surface area contributed by atoms with Gasteiger partial charge in [-0.3, -0.25) is 4.79 Å². The van der Waals surface area contributed by atoms with Crippen molar-refractivity contribution in [2.75, 3.05) is 36.5 Å². The van der Waals surface area contributed by atoms with Crippen molar-refractivity contribution in [2.24, 2.45) is 0 Å². The maximum atomic E-state index is 12.6. The first-order valence-electron chi connectivity index (χ1n) is 9.81. The summed E-state index contributed by atoms with van der Waals surface area (Å²) in [6.07, 6.45) is 0.891. The Morgan fingerprint density at radius 2 is 1.80 bits per heavy atom. The molecule has 30 heavy (non-hydrogen) atoms. The van der Waals surface area contributed by atoms with Gasteiger partial charge in [-0.1, -0.05) is 29.8 Å². The number of carbonyl (C=O) groups is 1. The monoisotopic (exact) mass is 426 g/mol. The van der Waals surface area contributed by atoms with Crippen LogP contribution in [0.2, 0.25) is 5.02 Å². The lowest BCUT2D eigenvalue weighted by molar-refractivity contribution is -0.122. The fraction of sp³-hybridized carbons (Fsp3) is 0.273. The molecule has 1 aromatic heterocycles. The van der Waals surface area contributed by atoms with Crippen molar-refractivity contribution in [2.45, 2.75) is 13.0 Å². The first-order valence-corrected chi connectivity index (χ1v) is 10.2. The topological polar surface area (TPSA) is 68.6 Å². The highest BCUT2D eigenvalue weighted by atomic mass is 35.5. The van der Waals surface area contributed by atoms with Gasteiger partial charge in [0.2, 0.25) is 0 Å². The number of ether oxygens (including phenoxy) is 2. The third-order valence-corrected chi connectivity index (χ3v) is 5.09.